The average Bonchev–Trinajstić information content (AvgIpc) is 2.90. The van der Waals surface area contributed by atoms with Crippen LogP contribution in [0.1, 0.15) is 32.6 Å². The Balaban J connectivity index is 1.54. The normalized spacial score (nSPS) is 22.6. The second-order valence-electron chi connectivity index (χ2n) is 5.12. The Morgan fingerprint density at radius 1 is 1.16 bits per heavy atom. The third-order valence-corrected chi connectivity index (χ3v) is 3.52. The van der Waals surface area contributed by atoms with Crippen molar-refractivity contribution in [1.82, 2.24) is 5.32 Å². The minimum Gasteiger partial charge on any atom is -0.491 e. The molecule has 0 heterocycles. The first kappa shape index (κ1) is 14.4. The topological polar surface area (TPSA) is 30.5 Å². The summed E-state index contributed by atoms with van der Waals surface area (Å²) >= 11 is 0. The molecule has 3 nitrogen and oxygen atoms in total. The molecule has 0 spiro atoms. The summed E-state index contributed by atoms with van der Waals surface area (Å²) in [6, 6.07) is 10.6. The van der Waals surface area contributed by atoms with Crippen LogP contribution in [0.2, 0.25) is 0 Å². The van der Waals surface area contributed by atoms with Crippen LogP contribution in [-0.4, -0.2) is 31.9 Å². The van der Waals surface area contributed by atoms with Gasteiger partial charge >= 0.3 is 0 Å². The second kappa shape index (κ2) is 8.18. The van der Waals surface area contributed by atoms with Crippen molar-refractivity contribution in [2.24, 2.45) is 0 Å². The summed E-state index contributed by atoms with van der Waals surface area (Å²) in [6.45, 7) is 4.64. The fourth-order valence-corrected chi connectivity index (χ4v) is 2.52. The first-order valence-corrected chi connectivity index (χ1v) is 7.41. The van der Waals surface area contributed by atoms with Gasteiger partial charge in [-0.3, -0.25) is 0 Å². The van der Waals surface area contributed by atoms with E-state index in [1.807, 2.05) is 30.3 Å². The Labute approximate surface area is 116 Å². The highest BCUT2D eigenvalue weighted by Gasteiger charge is 2.24. The summed E-state index contributed by atoms with van der Waals surface area (Å²) in [7, 11) is 0. The molecule has 0 aliphatic heterocycles. The van der Waals surface area contributed by atoms with Gasteiger partial charge < -0.3 is 14.8 Å². The van der Waals surface area contributed by atoms with Crippen molar-refractivity contribution in [3.05, 3.63) is 30.3 Å². The lowest BCUT2D eigenvalue weighted by molar-refractivity contribution is 0.0369. The summed E-state index contributed by atoms with van der Waals surface area (Å²) in [5, 5.41) is 3.57. The van der Waals surface area contributed by atoms with E-state index < -0.39 is 0 Å². The molecule has 1 aliphatic rings. The highest BCUT2D eigenvalue weighted by molar-refractivity contribution is 5.20. The Bertz CT molecular complexity index is 342. The molecule has 0 aromatic heterocycles. The van der Waals surface area contributed by atoms with E-state index in [1.54, 1.807) is 0 Å². The minimum absolute atomic E-state index is 0.411. The van der Waals surface area contributed by atoms with Crippen LogP contribution < -0.4 is 10.1 Å². The Morgan fingerprint density at radius 3 is 2.79 bits per heavy atom. The largest absolute Gasteiger partial charge is 0.491 e. The highest BCUT2D eigenvalue weighted by Crippen LogP contribution is 2.22. The maximum atomic E-state index is 5.87. The molecule has 0 radical (unpaired) electrons. The Morgan fingerprint density at radius 2 is 2.00 bits per heavy atom. The van der Waals surface area contributed by atoms with Gasteiger partial charge in [0.25, 0.3) is 0 Å². The van der Waals surface area contributed by atoms with Crippen molar-refractivity contribution in [2.45, 2.75) is 44.8 Å². The number of nitrogens with one attached hydrogen (secondary N) is 1. The lowest BCUT2D eigenvalue weighted by atomic mass is 10.2. The van der Waals surface area contributed by atoms with Gasteiger partial charge in [0.1, 0.15) is 12.4 Å². The smallest absolute Gasteiger partial charge is 0.119 e. The molecule has 0 amide bonds. The summed E-state index contributed by atoms with van der Waals surface area (Å²) in [6.07, 6.45) is 5.17. The van der Waals surface area contributed by atoms with Crippen molar-refractivity contribution in [3.8, 4) is 5.75 Å². The van der Waals surface area contributed by atoms with Gasteiger partial charge in [-0.15, -0.1) is 0 Å². The molecule has 1 fully saturated rings. The SMILES string of the molecule is CCCNC1CCC(OCCOc2ccccc2)C1. The predicted octanol–water partition coefficient (Wildman–Crippen LogP) is 3.00. The van der Waals surface area contributed by atoms with Gasteiger partial charge in [-0.2, -0.15) is 0 Å². The fourth-order valence-electron chi connectivity index (χ4n) is 2.52. The first-order valence-electron chi connectivity index (χ1n) is 7.41. The monoisotopic (exact) mass is 263 g/mol. The van der Waals surface area contributed by atoms with Gasteiger partial charge in [0.2, 0.25) is 0 Å². The van der Waals surface area contributed by atoms with E-state index in [1.165, 1.54) is 19.3 Å². The summed E-state index contributed by atoms with van der Waals surface area (Å²) in [5.41, 5.74) is 0. The van der Waals surface area contributed by atoms with Gasteiger partial charge in [-0.25, -0.2) is 0 Å². The van der Waals surface area contributed by atoms with Gasteiger partial charge in [-0.1, -0.05) is 25.1 Å². The number of rotatable bonds is 8. The Hall–Kier alpha value is -1.06. The predicted molar refractivity (Wildman–Crippen MR) is 77.6 cm³/mol. The molecular formula is C16H25NO2. The molecule has 1 saturated carbocycles. The number of ether oxygens (including phenoxy) is 2. The Kier molecular flexibility index (Phi) is 6.18. The van der Waals surface area contributed by atoms with Crippen LogP contribution in [0.4, 0.5) is 0 Å². The summed E-state index contributed by atoms with van der Waals surface area (Å²) in [5.74, 6) is 0.917. The standard InChI is InChI=1S/C16H25NO2/c1-2-10-17-14-8-9-16(13-14)19-12-11-18-15-6-4-3-5-7-15/h3-7,14,16-17H,2,8-13H2,1H3. The second-order valence-corrected chi connectivity index (χ2v) is 5.12. The molecule has 2 rings (SSSR count). The van der Waals surface area contributed by atoms with Crippen LogP contribution >= 0.6 is 0 Å². The van der Waals surface area contributed by atoms with E-state index in [2.05, 4.69) is 12.2 Å². The van der Waals surface area contributed by atoms with E-state index in [0.29, 0.717) is 25.4 Å². The third kappa shape index (κ3) is 5.21. The minimum atomic E-state index is 0.411. The number of para-hydroxylation sites is 1. The van der Waals surface area contributed by atoms with Crippen molar-refractivity contribution >= 4 is 0 Å². The van der Waals surface area contributed by atoms with Crippen LogP contribution in [0.25, 0.3) is 0 Å². The maximum absolute atomic E-state index is 5.87. The lowest BCUT2D eigenvalue weighted by Gasteiger charge is -2.14. The van der Waals surface area contributed by atoms with Gasteiger partial charge in [0.15, 0.2) is 0 Å². The summed E-state index contributed by atoms with van der Waals surface area (Å²) in [4.78, 5) is 0. The van der Waals surface area contributed by atoms with Crippen LogP contribution in [-0.2, 0) is 4.74 Å². The van der Waals surface area contributed by atoms with E-state index in [-0.39, 0.29) is 0 Å². The molecule has 2 atom stereocenters. The van der Waals surface area contributed by atoms with Gasteiger partial charge in [0, 0.05) is 6.04 Å². The molecule has 3 heteroatoms. The van der Waals surface area contributed by atoms with E-state index in [0.717, 1.165) is 18.7 Å². The zero-order valence-corrected chi connectivity index (χ0v) is 11.8. The van der Waals surface area contributed by atoms with Crippen LogP contribution in [0, 0.1) is 0 Å². The molecule has 106 valence electrons. The number of benzene rings is 1. The van der Waals surface area contributed by atoms with E-state index in [9.17, 15) is 0 Å². The van der Waals surface area contributed by atoms with E-state index >= 15 is 0 Å². The molecule has 1 aromatic rings. The van der Waals surface area contributed by atoms with Crippen LogP contribution in [0.15, 0.2) is 30.3 Å². The molecule has 2 unspecified atom stereocenters. The number of hydrogen-bond acceptors (Lipinski definition) is 3. The van der Waals surface area contributed by atoms with Crippen molar-refractivity contribution < 1.29 is 9.47 Å². The van der Waals surface area contributed by atoms with Crippen molar-refractivity contribution in [3.63, 3.8) is 0 Å². The van der Waals surface area contributed by atoms with Gasteiger partial charge in [0.05, 0.1) is 12.7 Å². The number of hydrogen-bond donors (Lipinski definition) is 1. The molecule has 19 heavy (non-hydrogen) atoms. The molecule has 1 N–H and O–H groups in total. The van der Waals surface area contributed by atoms with Gasteiger partial charge in [-0.05, 0) is 44.4 Å². The lowest BCUT2D eigenvalue weighted by Crippen LogP contribution is -2.28. The molecule has 0 bridgehead atoms. The fraction of sp³-hybridized carbons (Fsp3) is 0.625. The van der Waals surface area contributed by atoms with Crippen molar-refractivity contribution in [1.29, 1.82) is 0 Å². The third-order valence-electron chi connectivity index (χ3n) is 3.52. The maximum Gasteiger partial charge on any atom is 0.119 e. The molecule has 0 saturated heterocycles. The molecular weight excluding hydrogens is 238 g/mol. The average molecular weight is 263 g/mol. The molecule has 1 aromatic carbocycles. The van der Waals surface area contributed by atoms with Crippen molar-refractivity contribution in [2.75, 3.05) is 19.8 Å². The molecule has 1 aliphatic carbocycles. The zero-order chi connectivity index (χ0) is 13.3. The van der Waals surface area contributed by atoms with E-state index in [4.69, 9.17) is 9.47 Å². The highest BCUT2D eigenvalue weighted by atomic mass is 16.5. The first-order chi connectivity index (χ1) is 9.38. The quantitative estimate of drug-likeness (QED) is 0.731. The van der Waals surface area contributed by atoms with Crippen LogP contribution in [0.5, 0.6) is 5.75 Å². The van der Waals surface area contributed by atoms with Crippen LogP contribution in [0.3, 0.4) is 0 Å². The zero-order valence-electron chi connectivity index (χ0n) is 11.8. The summed E-state index contributed by atoms with van der Waals surface area (Å²) < 4.78 is 11.5.